The highest BCUT2D eigenvalue weighted by atomic mass is 15.6. The van der Waals surface area contributed by atoms with Crippen molar-refractivity contribution in [1.29, 1.82) is 0 Å². The fourth-order valence-corrected chi connectivity index (χ4v) is 45.7. The molecule has 45 heavy (non-hydrogen) atoms. The molecule has 0 aliphatic heterocycles. The van der Waals surface area contributed by atoms with E-state index in [2.05, 4.69) is 0 Å². The lowest BCUT2D eigenvalue weighted by molar-refractivity contribution is -1.16. The molecule has 27 atom stereocenters. The molecule has 28 saturated carbocycles. The van der Waals surface area contributed by atoms with Crippen LogP contribution in [0.4, 0.5) is 0 Å². The maximum atomic E-state index is 1.93. The third-order valence-electron chi connectivity index (χ3n) is 37.0. The molecule has 28 fully saturated rings. The van der Waals surface area contributed by atoms with Gasteiger partial charge in [-0.15, -0.1) is 0 Å². The SMILES string of the molecule is C1CC23CC45CC67CC89CC%10%11CC[C@@]%10%12C[C@]%10%13CCC%10%14CC%10%15CC%16%17CC%18%19CC%20%21CCC%20%22CC12C%221C34C2(C%21%181)C56C1(C%192%16)[C@]78C2(C%119C%12%13[C@@]%14%102)[C@]%17%151. The van der Waals surface area contributed by atoms with Crippen molar-refractivity contribution in [3.05, 3.63) is 0 Å². The van der Waals surface area contributed by atoms with Crippen LogP contribution >= 0.6 is 0 Å². The minimum absolute atomic E-state index is 0.988. The number of hydrogen-bond acceptors (Lipinski definition) is 0. The molecule has 28 aliphatic carbocycles. The molecule has 0 aromatic carbocycles. The second-order valence-corrected chi connectivity index (χ2v) is 28.7. The van der Waals surface area contributed by atoms with Crippen molar-refractivity contribution in [3.8, 4) is 0 Å². The van der Waals surface area contributed by atoms with E-state index < -0.39 is 0 Å². The zero-order valence-electron chi connectivity index (χ0n) is 26.2. The van der Waals surface area contributed by atoms with Crippen molar-refractivity contribution >= 4 is 0 Å². The van der Waals surface area contributed by atoms with E-state index in [0.717, 1.165) is 146 Å². The lowest BCUT2D eigenvalue weighted by Crippen LogP contribution is -3.59. The maximum absolute atomic E-state index is 1.93. The normalized spacial score (nSPS) is 125. The molecule has 216 valence electrons. The molecule has 22 unspecified atom stereocenters. The highest BCUT2D eigenvalue weighted by Gasteiger charge is 3.63. The quantitative estimate of drug-likeness (QED) is 0.291. The second kappa shape index (κ2) is 2.51. The maximum Gasteiger partial charge on any atom is -0.000347 e. The van der Waals surface area contributed by atoms with Gasteiger partial charge in [-0.1, -0.05) is 0 Å². The van der Waals surface area contributed by atoms with Crippen LogP contribution in [0.15, 0.2) is 0 Å². The topological polar surface area (TPSA) is 0 Å². The first kappa shape index (κ1) is 16.8. The molecule has 0 bridgehead atoms. The summed E-state index contributed by atoms with van der Waals surface area (Å²) in [5.74, 6) is 0. The monoisotopic (exact) mass is 576 g/mol. The van der Waals surface area contributed by atoms with Crippen LogP contribution in [0.5, 0.6) is 0 Å². The van der Waals surface area contributed by atoms with Gasteiger partial charge >= 0.3 is 0 Å². The minimum Gasteiger partial charge on any atom is -0.0459 e. The van der Waals surface area contributed by atoms with E-state index in [0.29, 0.717) is 0 Å². The van der Waals surface area contributed by atoms with Crippen molar-refractivity contribution in [1.82, 2.24) is 0 Å². The fraction of sp³-hybridized carbons (Fsp3) is 1.00. The van der Waals surface area contributed by atoms with Crippen LogP contribution in [0.25, 0.3) is 0 Å². The van der Waals surface area contributed by atoms with Crippen LogP contribution in [-0.2, 0) is 0 Å². The number of rotatable bonds is 0. The predicted molar refractivity (Wildman–Crippen MR) is 149 cm³/mol. The molecule has 0 aromatic heterocycles. The van der Waals surface area contributed by atoms with E-state index in [1.54, 1.807) is 51.4 Å². The molecule has 0 heterocycles. The molecule has 0 aromatic rings. The predicted octanol–water partition coefficient (Wildman–Crippen LogP) is 7.02. The summed E-state index contributed by atoms with van der Waals surface area (Å²) in [6.07, 6.45) is 33.1. The first-order valence-electron chi connectivity index (χ1n) is 21.9. The summed E-state index contributed by atoms with van der Waals surface area (Å²) in [5.41, 5.74) is 27.6. The van der Waals surface area contributed by atoms with Gasteiger partial charge in [-0.2, -0.15) is 0 Å². The average Bonchev–Trinajstić information content (AvgIpc) is 2.85. The van der Waals surface area contributed by atoms with Gasteiger partial charge in [0.2, 0.25) is 0 Å². The van der Waals surface area contributed by atoms with Gasteiger partial charge in [0.15, 0.2) is 0 Å². The summed E-state index contributed by atoms with van der Waals surface area (Å²) in [4.78, 5) is 0. The van der Waals surface area contributed by atoms with Gasteiger partial charge in [-0.3, -0.25) is 0 Å². The Morgan fingerprint density at radius 2 is 0.267 bits per heavy atom. The molecule has 0 radical (unpaired) electrons. The van der Waals surface area contributed by atoms with Gasteiger partial charge < -0.3 is 0 Å². The van der Waals surface area contributed by atoms with Gasteiger partial charge in [0.05, 0.1) is 0 Å². The highest BCUT2D eigenvalue weighted by Crippen LogP contribution is 3.65. The first-order chi connectivity index (χ1) is 21.9. The van der Waals surface area contributed by atoms with E-state index in [1.165, 1.54) is 0 Å². The summed E-state index contributed by atoms with van der Waals surface area (Å²) < 4.78 is 0. The molecular formula is C45H36. The van der Waals surface area contributed by atoms with Crippen LogP contribution in [0.2, 0.25) is 0 Å². The Hall–Kier alpha value is 0. The van der Waals surface area contributed by atoms with Gasteiger partial charge in [0.25, 0.3) is 0 Å². The van der Waals surface area contributed by atoms with Crippen LogP contribution in [0, 0.1) is 146 Å². The van der Waals surface area contributed by atoms with Crippen molar-refractivity contribution in [2.75, 3.05) is 0 Å². The van der Waals surface area contributed by atoms with Crippen LogP contribution in [0.3, 0.4) is 0 Å². The largest absolute Gasteiger partial charge is 0.0459 e. The molecule has 27 spiro atoms. The zero-order valence-corrected chi connectivity index (χ0v) is 26.2. The molecule has 28 rings (SSSR count). The van der Waals surface area contributed by atoms with Crippen LogP contribution in [0.1, 0.15) is 116 Å². The van der Waals surface area contributed by atoms with Crippen molar-refractivity contribution in [2.24, 2.45) is 146 Å². The molecule has 28 aliphatic rings. The number of hydrogen-bond donors (Lipinski definition) is 0. The van der Waals surface area contributed by atoms with Gasteiger partial charge in [-0.05, 0) is 262 Å². The van der Waals surface area contributed by atoms with Crippen LogP contribution < -0.4 is 0 Å². The summed E-state index contributed by atoms with van der Waals surface area (Å²) in [6.45, 7) is 0. The molecule has 0 heteroatoms. The van der Waals surface area contributed by atoms with E-state index in [1.807, 2.05) is 64.2 Å². The summed E-state index contributed by atoms with van der Waals surface area (Å²) in [5, 5.41) is 0. The Morgan fingerprint density at radius 3 is 0.467 bits per heavy atom. The molecule has 0 nitrogen and oxygen atoms in total. The van der Waals surface area contributed by atoms with E-state index >= 15 is 0 Å². The standard InChI is InChI=1S/C45H36/c1-5-23-11-27-15-31-17-29-13-25-7-3-21(25)10-22-4-8-26(22)14-30-18-32-16-28-12-24-6-2-20(24)9-19(1,23)33(20)35(23,27)43(36(24,28)33)39(27,31)45(40(28,32)43)41(29,31)44(42(30,32)45)37(25,29)34(21,22)38(26,30)44/h1-18H2/t19-,20-,21?,22?,23?,24?,25?,26?,27?,28?,29?,30?,31?,32?,33?,34?,35-,36?,37?,38?,39-,40+,41?,42?,43?,44?,45?/m1/s1. The van der Waals surface area contributed by atoms with Crippen molar-refractivity contribution in [3.63, 3.8) is 0 Å². The third kappa shape index (κ3) is 0.387. The van der Waals surface area contributed by atoms with E-state index in [-0.39, 0.29) is 0 Å². The van der Waals surface area contributed by atoms with E-state index in [4.69, 9.17) is 0 Å². The molecule has 0 amide bonds. The Labute approximate surface area is 261 Å². The Bertz CT molecular complexity index is 2320. The zero-order chi connectivity index (χ0) is 26.2. The molecule has 0 saturated heterocycles. The van der Waals surface area contributed by atoms with Gasteiger partial charge in [-0.25, -0.2) is 0 Å². The fourth-order valence-electron chi connectivity index (χ4n) is 45.7. The minimum atomic E-state index is 0.988. The Kier molecular flexibility index (Phi) is 0.938. The first-order valence-corrected chi connectivity index (χ1v) is 21.9. The Morgan fingerprint density at radius 1 is 0.133 bits per heavy atom. The summed E-state index contributed by atoms with van der Waals surface area (Å²) in [7, 11) is 0. The Balaban J connectivity index is 0.886. The molecular weight excluding hydrogens is 540 g/mol. The smallest absolute Gasteiger partial charge is 0.000347 e. The lowest BCUT2D eigenvalue weighted by atomic mass is 8.41. The van der Waals surface area contributed by atoms with E-state index in [9.17, 15) is 0 Å². The molecule has 0 N–H and O–H groups in total. The lowest BCUT2D eigenvalue weighted by Gasteiger charge is -3.61. The highest BCUT2D eigenvalue weighted by molar-refractivity contribution is 6.07. The van der Waals surface area contributed by atoms with Crippen LogP contribution in [-0.4, -0.2) is 0 Å². The summed E-state index contributed by atoms with van der Waals surface area (Å²) >= 11 is 0. The summed E-state index contributed by atoms with van der Waals surface area (Å²) in [6, 6.07) is 0. The average molecular weight is 577 g/mol. The van der Waals surface area contributed by atoms with Gasteiger partial charge in [0.1, 0.15) is 0 Å². The second-order valence-electron chi connectivity index (χ2n) is 28.7. The van der Waals surface area contributed by atoms with Crippen molar-refractivity contribution in [2.45, 2.75) is 116 Å². The third-order valence-corrected chi connectivity index (χ3v) is 37.0. The van der Waals surface area contributed by atoms with Gasteiger partial charge in [0, 0.05) is 0 Å². The van der Waals surface area contributed by atoms with Crippen molar-refractivity contribution < 1.29 is 0 Å².